The first-order valence-electron chi connectivity index (χ1n) is 5.86. The van der Waals surface area contributed by atoms with E-state index < -0.39 is 0 Å². The van der Waals surface area contributed by atoms with Gasteiger partial charge in [0.05, 0.1) is 32.0 Å². The number of hydrogen-bond acceptors (Lipinski definition) is 6. The van der Waals surface area contributed by atoms with Gasteiger partial charge in [0, 0.05) is 26.4 Å². The van der Waals surface area contributed by atoms with E-state index in [-0.39, 0.29) is 12.4 Å². The summed E-state index contributed by atoms with van der Waals surface area (Å²) >= 11 is 0. The fourth-order valence-electron chi connectivity index (χ4n) is 1.15. The van der Waals surface area contributed by atoms with Gasteiger partial charge in [-0.2, -0.15) is 10.2 Å². The van der Waals surface area contributed by atoms with Crippen molar-refractivity contribution in [3.05, 3.63) is 0 Å². The van der Waals surface area contributed by atoms with Crippen LogP contribution in [0.4, 0.5) is 0 Å². The van der Waals surface area contributed by atoms with Gasteiger partial charge in [0.15, 0.2) is 0 Å². The zero-order valence-electron chi connectivity index (χ0n) is 11.6. The molecule has 0 rings (SSSR count). The molecule has 0 N–H and O–H groups in total. The molecule has 6 heteroatoms. The Morgan fingerprint density at radius 2 is 1.89 bits per heavy atom. The predicted octanol–water partition coefficient (Wildman–Crippen LogP) is 1.44. The van der Waals surface area contributed by atoms with Crippen molar-refractivity contribution in [2.45, 2.75) is 26.7 Å². The number of methoxy groups -OCH3 is 2. The van der Waals surface area contributed by atoms with Crippen LogP contribution in [0.3, 0.4) is 0 Å². The van der Waals surface area contributed by atoms with Crippen LogP contribution in [0.25, 0.3) is 0 Å². The van der Waals surface area contributed by atoms with Gasteiger partial charge in [-0.15, -0.1) is 0 Å². The highest BCUT2D eigenvalue weighted by Crippen LogP contribution is 1.95. The summed E-state index contributed by atoms with van der Waals surface area (Å²) in [5.74, 6) is -0.292. The molecule has 18 heavy (non-hydrogen) atoms. The van der Waals surface area contributed by atoms with Gasteiger partial charge in [0.2, 0.25) is 0 Å². The summed E-state index contributed by atoms with van der Waals surface area (Å²) in [5.41, 5.74) is 1.39. The van der Waals surface area contributed by atoms with Crippen LogP contribution in [0.1, 0.15) is 26.7 Å². The van der Waals surface area contributed by atoms with E-state index in [1.807, 2.05) is 0 Å². The molecule has 0 spiro atoms. The van der Waals surface area contributed by atoms with Crippen LogP contribution in [0, 0.1) is 0 Å². The third-order valence-corrected chi connectivity index (χ3v) is 1.97. The van der Waals surface area contributed by atoms with Crippen LogP contribution in [0.5, 0.6) is 0 Å². The smallest absolute Gasteiger partial charge is 0.311 e. The largest absolute Gasteiger partial charge is 0.466 e. The van der Waals surface area contributed by atoms with E-state index >= 15 is 0 Å². The highest BCUT2D eigenvalue weighted by Gasteiger charge is 2.04. The maximum absolute atomic E-state index is 11.2. The fraction of sp³-hybridized carbons (Fsp3) is 0.750. The number of ether oxygens (including phenoxy) is 3. The lowest BCUT2D eigenvalue weighted by Gasteiger charge is -2.03. The molecular formula is C12H22N2O4. The molecule has 0 aliphatic carbocycles. The van der Waals surface area contributed by atoms with Crippen LogP contribution in [-0.4, -0.2) is 51.4 Å². The van der Waals surface area contributed by atoms with Crippen molar-refractivity contribution in [3.63, 3.8) is 0 Å². The summed E-state index contributed by atoms with van der Waals surface area (Å²) in [6.07, 6.45) is 0.808. The molecule has 0 aliphatic heterocycles. The average Bonchev–Trinajstić information content (AvgIpc) is 2.33. The standard InChI is InChI=1S/C12H22N2O4/c1-5-18-12(15)8-10(2)13-14-11(9-17-4)6-7-16-3/h5-9H2,1-4H3/b13-10+,14-11-. The molecule has 0 saturated carbocycles. The summed E-state index contributed by atoms with van der Waals surface area (Å²) in [6.45, 7) is 4.84. The average molecular weight is 258 g/mol. The van der Waals surface area contributed by atoms with Gasteiger partial charge in [-0.25, -0.2) is 0 Å². The number of nitrogens with zero attached hydrogens (tertiary/aromatic N) is 2. The molecule has 0 saturated heterocycles. The van der Waals surface area contributed by atoms with Gasteiger partial charge < -0.3 is 14.2 Å². The highest BCUT2D eigenvalue weighted by molar-refractivity contribution is 5.98. The van der Waals surface area contributed by atoms with E-state index in [9.17, 15) is 4.79 Å². The molecule has 0 amide bonds. The molecule has 0 bridgehead atoms. The third-order valence-electron chi connectivity index (χ3n) is 1.97. The van der Waals surface area contributed by atoms with E-state index in [1.54, 1.807) is 28.1 Å². The molecule has 0 aromatic heterocycles. The molecule has 0 heterocycles. The SMILES string of the molecule is CCOC(=O)C/C(C)=N/N=C(/CCOC)COC. The fourth-order valence-corrected chi connectivity index (χ4v) is 1.15. The van der Waals surface area contributed by atoms with Gasteiger partial charge in [-0.3, -0.25) is 4.79 Å². The van der Waals surface area contributed by atoms with Crippen molar-refractivity contribution in [2.75, 3.05) is 34.0 Å². The number of rotatable bonds is 9. The van der Waals surface area contributed by atoms with Crippen molar-refractivity contribution >= 4 is 17.4 Å². The Labute approximate surface area is 108 Å². The quantitative estimate of drug-likeness (QED) is 0.356. The van der Waals surface area contributed by atoms with Gasteiger partial charge in [-0.05, 0) is 13.8 Å². The molecule has 0 atom stereocenters. The van der Waals surface area contributed by atoms with E-state index in [1.165, 1.54) is 0 Å². The minimum atomic E-state index is -0.292. The molecule has 0 fully saturated rings. The van der Waals surface area contributed by atoms with Crippen LogP contribution in [0.2, 0.25) is 0 Å². The Morgan fingerprint density at radius 3 is 2.44 bits per heavy atom. The molecule has 0 aromatic carbocycles. The van der Waals surface area contributed by atoms with E-state index in [2.05, 4.69) is 10.2 Å². The summed E-state index contributed by atoms with van der Waals surface area (Å²) in [5, 5.41) is 8.04. The van der Waals surface area contributed by atoms with Crippen molar-refractivity contribution in [3.8, 4) is 0 Å². The first-order valence-corrected chi connectivity index (χ1v) is 5.86. The second-order valence-electron chi connectivity index (χ2n) is 3.66. The highest BCUT2D eigenvalue weighted by atomic mass is 16.5. The first kappa shape index (κ1) is 16.7. The van der Waals surface area contributed by atoms with Crippen molar-refractivity contribution in [2.24, 2.45) is 10.2 Å². The van der Waals surface area contributed by atoms with Crippen LogP contribution in [0.15, 0.2) is 10.2 Å². The Kier molecular flexibility index (Phi) is 10.1. The Morgan fingerprint density at radius 1 is 1.17 bits per heavy atom. The monoisotopic (exact) mass is 258 g/mol. The Bertz CT molecular complexity index is 300. The maximum atomic E-state index is 11.2. The maximum Gasteiger partial charge on any atom is 0.311 e. The Hall–Kier alpha value is -1.27. The number of esters is 1. The minimum Gasteiger partial charge on any atom is -0.466 e. The minimum absolute atomic E-state index is 0.155. The van der Waals surface area contributed by atoms with E-state index in [4.69, 9.17) is 14.2 Å². The van der Waals surface area contributed by atoms with Crippen molar-refractivity contribution < 1.29 is 19.0 Å². The number of carbonyl (C=O) groups excluding carboxylic acids is 1. The van der Waals surface area contributed by atoms with Crippen LogP contribution >= 0.6 is 0 Å². The summed E-state index contributed by atoms with van der Waals surface area (Å²) < 4.78 is 14.8. The molecule has 0 aromatic rings. The second-order valence-corrected chi connectivity index (χ2v) is 3.66. The molecule has 0 aliphatic rings. The molecule has 6 nitrogen and oxygen atoms in total. The first-order chi connectivity index (χ1) is 8.63. The third kappa shape index (κ3) is 8.83. The van der Waals surface area contributed by atoms with E-state index in [0.29, 0.717) is 32.0 Å². The normalized spacial score (nSPS) is 12.7. The lowest BCUT2D eigenvalue weighted by molar-refractivity contribution is -0.141. The van der Waals surface area contributed by atoms with Gasteiger partial charge in [0.25, 0.3) is 0 Å². The molecule has 104 valence electrons. The molecule has 0 unspecified atom stereocenters. The van der Waals surface area contributed by atoms with Crippen molar-refractivity contribution in [1.82, 2.24) is 0 Å². The van der Waals surface area contributed by atoms with Gasteiger partial charge in [-0.1, -0.05) is 0 Å². The lowest BCUT2D eigenvalue weighted by atomic mass is 10.3. The zero-order chi connectivity index (χ0) is 13.8. The zero-order valence-corrected chi connectivity index (χ0v) is 11.6. The predicted molar refractivity (Wildman–Crippen MR) is 70.2 cm³/mol. The molecular weight excluding hydrogens is 236 g/mol. The Balaban J connectivity index is 4.35. The van der Waals surface area contributed by atoms with Gasteiger partial charge >= 0.3 is 5.97 Å². The van der Waals surface area contributed by atoms with Gasteiger partial charge in [0.1, 0.15) is 0 Å². The van der Waals surface area contributed by atoms with E-state index in [0.717, 1.165) is 5.71 Å². The molecule has 0 radical (unpaired) electrons. The summed E-state index contributed by atoms with van der Waals surface area (Å²) in [7, 11) is 3.22. The van der Waals surface area contributed by atoms with Crippen LogP contribution in [-0.2, 0) is 19.0 Å². The topological polar surface area (TPSA) is 69.5 Å². The second kappa shape index (κ2) is 10.9. The van der Waals surface area contributed by atoms with Crippen molar-refractivity contribution in [1.29, 1.82) is 0 Å². The summed E-state index contributed by atoms with van der Waals surface area (Å²) in [4.78, 5) is 11.2. The summed E-state index contributed by atoms with van der Waals surface area (Å²) in [6, 6.07) is 0. The number of carbonyl (C=O) groups is 1. The van der Waals surface area contributed by atoms with Crippen LogP contribution < -0.4 is 0 Å². The lowest BCUT2D eigenvalue weighted by Crippen LogP contribution is -2.11. The number of hydrogen-bond donors (Lipinski definition) is 0.